The molecule has 2 aromatic carbocycles. The summed E-state index contributed by atoms with van der Waals surface area (Å²) < 4.78 is 0. The van der Waals surface area contributed by atoms with Gasteiger partial charge in [-0.05, 0) is 17.7 Å². The van der Waals surface area contributed by atoms with Crippen molar-refractivity contribution in [3.63, 3.8) is 0 Å². The molecule has 1 aliphatic rings. The fraction of sp³-hybridized carbons (Fsp3) is 0.0714. The first-order chi connectivity index (χ1) is 8.27. The molecule has 1 amide bonds. The maximum absolute atomic E-state index is 12.0. The molecule has 3 rings (SSSR count). The van der Waals surface area contributed by atoms with E-state index in [9.17, 15) is 9.90 Å². The van der Waals surface area contributed by atoms with Gasteiger partial charge in [0.15, 0.2) is 0 Å². The monoisotopic (exact) mass is 225 g/mol. The first-order valence-corrected chi connectivity index (χ1v) is 5.44. The third-order valence-electron chi connectivity index (χ3n) is 3.00. The largest absolute Gasteiger partial charge is 0.384 e. The zero-order valence-electron chi connectivity index (χ0n) is 9.05. The normalized spacial score (nSPS) is 17.7. The maximum atomic E-state index is 12.0. The number of para-hydroxylation sites is 1. The lowest BCUT2D eigenvalue weighted by molar-refractivity contribution is 0.102. The Morgan fingerprint density at radius 3 is 2.41 bits per heavy atom. The molecule has 17 heavy (non-hydrogen) atoms. The number of aliphatic hydroxyl groups excluding tert-OH is 1. The Kier molecular flexibility index (Phi) is 2.20. The van der Waals surface area contributed by atoms with E-state index in [4.69, 9.17) is 0 Å². The molecule has 2 N–H and O–H groups in total. The molecule has 0 bridgehead atoms. The molecule has 0 aromatic heterocycles. The summed E-state index contributed by atoms with van der Waals surface area (Å²) in [6, 6.07) is 14.4. The number of aliphatic hydroxyl groups is 1. The van der Waals surface area contributed by atoms with Gasteiger partial charge >= 0.3 is 0 Å². The van der Waals surface area contributed by atoms with E-state index in [1.807, 2.05) is 24.3 Å². The molecular formula is C14H11NO2. The van der Waals surface area contributed by atoms with Crippen LogP contribution < -0.4 is 5.32 Å². The Hall–Kier alpha value is -2.13. The molecule has 0 saturated carbocycles. The van der Waals surface area contributed by atoms with Gasteiger partial charge in [-0.1, -0.05) is 36.4 Å². The summed E-state index contributed by atoms with van der Waals surface area (Å²) in [6.45, 7) is 0. The lowest BCUT2D eigenvalue weighted by atomic mass is 9.97. The van der Waals surface area contributed by atoms with Crippen LogP contribution in [0, 0.1) is 0 Å². The van der Waals surface area contributed by atoms with E-state index >= 15 is 0 Å². The second-order valence-corrected chi connectivity index (χ2v) is 4.03. The summed E-state index contributed by atoms with van der Waals surface area (Å²) in [6.07, 6.45) is -0.763. The smallest absolute Gasteiger partial charge is 0.256 e. The Morgan fingerprint density at radius 1 is 0.941 bits per heavy atom. The zero-order valence-corrected chi connectivity index (χ0v) is 9.05. The van der Waals surface area contributed by atoms with Crippen molar-refractivity contribution in [2.24, 2.45) is 0 Å². The number of rotatable bonds is 0. The molecule has 0 aliphatic carbocycles. The lowest BCUT2D eigenvalue weighted by Gasteiger charge is -2.12. The van der Waals surface area contributed by atoms with Crippen molar-refractivity contribution >= 4 is 11.6 Å². The van der Waals surface area contributed by atoms with Crippen molar-refractivity contribution in [1.29, 1.82) is 0 Å². The molecule has 1 heterocycles. The molecule has 3 heteroatoms. The predicted molar refractivity (Wildman–Crippen MR) is 64.9 cm³/mol. The average molecular weight is 225 g/mol. The van der Waals surface area contributed by atoms with Crippen molar-refractivity contribution < 1.29 is 9.90 Å². The van der Waals surface area contributed by atoms with E-state index in [1.54, 1.807) is 24.3 Å². The first kappa shape index (κ1) is 10.1. The zero-order chi connectivity index (χ0) is 11.8. The Bertz CT molecular complexity index is 592. The van der Waals surface area contributed by atoms with Crippen LogP contribution >= 0.6 is 0 Å². The van der Waals surface area contributed by atoms with Crippen LogP contribution in [0.5, 0.6) is 0 Å². The number of nitrogens with one attached hydrogen (secondary N) is 1. The fourth-order valence-electron chi connectivity index (χ4n) is 2.15. The summed E-state index contributed by atoms with van der Waals surface area (Å²) in [7, 11) is 0. The quantitative estimate of drug-likeness (QED) is 0.723. The summed E-state index contributed by atoms with van der Waals surface area (Å²) in [5.74, 6) is -0.176. The predicted octanol–water partition coefficient (Wildman–Crippen LogP) is 2.33. The van der Waals surface area contributed by atoms with E-state index in [-0.39, 0.29) is 5.91 Å². The molecule has 1 atom stereocenters. The summed E-state index contributed by atoms with van der Waals surface area (Å²) in [5.41, 5.74) is 2.57. The van der Waals surface area contributed by atoms with Gasteiger partial charge in [0.05, 0.1) is 0 Å². The van der Waals surface area contributed by atoms with E-state index in [0.717, 1.165) is 5.56 Å². The maximum Gasteiger partial charge on any atom is 0.256 e. The highest BCUT2D eigenvalue weighted by atomic mass is 16.3. The number of carbonyl (C=O) groups is 1. The molecule has 0 spiro atoms. The van der Waals surface area contributed by atoms with Crippen LogP contribution in [0.4, 0.5) is 5.69 Å². The molecule has 0 radical (unpaired) electrons. The average Bonchev–Trinajstić information content (AvgIpc) is 2.48. The molecule has 2 aromatic rings. The number of hydrogen-bond acceptors (Lipinski definition) is 2. The van der Waals surface area contributed by atoms with E-state index in [0.29, 0.717) is 16.8 Å². The van der Waals surface area contributed by atoms with E-state index < -0.39 is 6.10 Å². The van der Waals surface area contributed by atoms with Gasteiger partial charge in [0.1, 0.15) is 6.10 Å². The fourth-order valence-corrected chi connectivity index (χ4v) is 2.15. The van der Waals surface area contributed by atoms with Crippen molar-refractivity contribution in [3.8, 4) is 0 Å². The lowest BCUT2D eigenvalue weighted by Crippen LogP contribution is -2.11. The first-order valence-electron chi connectivity index (χ1n) is 5.44. The summed E-state index contributed by atoms with van der Waals surface area (Å²) in [4.78, 5) is 12.0. The van der Waals surface area contributed by atoms with Crippen molar-refractivity contribution in [1.82, 2.24) is 0 Å². The SMILES string of the molecule is O=C1Nc2ccccc2[C@@H](O)c2ccccc21. The highest BCUT2D eigenvalue weighted by molar-refractivity contribution is 6.07. The highest BCUT2D eigenvalue weighted by Crippen LogP contribution is 2.33. The summed E-state index contributed by atoms with van der Waals surface area (Å²) in [5, 5.41) is 13.1. The van der Waals surface area contributed by atoms with Gasteiger partial charge < -0.3 is 10.4 Å². The van der Waals surface area contributed by atoms with Gasteiger partial charge in [-0.3, -0.25) is 4.79 Å². The van der Waals surface area contributed by atoms with Crippen LogP contribution in [0.1, 0.15) is 27.6 Å². The minimum atomic E-state index is -0.763. The molecule has 0 fully saturated rings. The van der Waals surface area contributed by atoms with Gasteiger partial charge in [-0.2, -0.15) is 0 Å². The van der Waals surface area contributed by atoms with Crippen LogP contribution in [0.25, 0.3) is 0 Å². The summed E-state index contributed by atoms with van der Waals surface area (Å²) >= 11 is 0. The van der Waals surface area contributed by atoms with Crippen LogP contribution in [0.3, 0.4) is 0 Å². The van der Waals surface area contributed by atoms with Gasteiger partial charge in [0.2, 0.25) is 0 Å². The van der Waals surface area contributed by atoms with Gasteiger partial charge in [0.25, 0.3) is 5.91 Å². The second kappa shape index (κ2) is 3.71. The number of amides is 1. The Morgan fingerprint density at radius 2 is 1.59 bits per heavy atom. The third-order valence-corrected chi connectivity index (χ3v) is 3.00. The van der Waals surface area contributed by atoms with Crippen molar-refractivity contribution in [2.45, 2.75) is 6.10 Å². The Labute approximate surface area is 98.7 Å². The number of anilines is 1. The number of fused-ring (bicyclic) bond motifs is 2. The van der Waals surface area contributed by atoms with E-state index in [2.05, 4.69) is 5.32 Å². The van der Waals surface area contributed by atoms with E-state index in [1.165, 1.54) is 0 Å². The molecule has 0 saturated heterocycles. The minimum Gasteiger partial charge on any atom is -0.384 e. The van der Waals surface area contributed by atoms with Crippen LogP contribution in [-0.4, -0.2) is 11.0 Å². The van der Waals surface area contributed by atoms with Crippen molar-refractivity contribution in [3.05, 3.63) is 65.2 Å². The standard InChI is InChI=1S/C14H11NO2/c16-13-9-5-1-2-6-10(9)14(17)15-12-8-4-3-7-11(12)13/h1-8,13,16H,(H,15,17)/t13-/m0/s1. The van der Waals surface area contributed by atoms with Gasteiger partial charge in [-0.15, -0.1) is 0 Å². The molecule has 1 aliphatic heterocycles. The molecular weight excluding hydrogens is 214 g/mol. The Balaban J connectivity index is 2.26. The van der Waals surface area contributed by atoms with Crippen LogP contribution in [0.2, 0.25) is 0 Å². The number of benzene rings is 2. The number of carbonyl (C=O) groups excluding carboxylic acids is 1. The topological polar surface area (TPSA) is 49.3 Å². The molecule has 3 nitrogen and oxygen atoms in total. The van der Waals surface area contributed by atoms with Gasteiger partial charge in [0, 0.05) is 16.8 Å². The molecule has 84 valence electrons. The van der Waals surface area contributed by atoms with Gasteiger partial charge in [-0.25, -0.2) is 0 Å². The number of hydrogen-bond donors (Lipinski definition) is 2. The molecule has 0 unspecified atom stereocenters. The highest BCUT2D eigenvalue weighted by Gasteiger charge is 2.24. The third kappa shape index (κ3) is 1.52. The second-order valence-electron chi connectivity index (χ2n) is 4.03. The van der Waals surface area contributed by atoms with Crippen molar-refractivity contribution in [2.75, 3.05) is 5.32 Å². The minimum absolute atomic E-state index is 0.176. The van der Waals surface area contributed by atoms with Crippen LogP contribution in [0.15, 0.2) is 48.5 Å². The van der Waals surface area contributed by atoms with Crippen LogP contribution in [-0.2, 0) is 0 Å².